The van der Waals surface area contributed by atoms with Gasteiger partial charge in [-0.05, 0) is 13.1 Å². The quantitative estimate of drug-likeness (QED) is 0.630. The number of nitro groups is 1. The molecule has 0 bridgehead atoms. The van der Waals surface area contributed by atoms with E-state index in [1.807, 2.05) is 0 Å². The predicted octanol–water partition coefficient (Wildman–Crippen LogP) is 0.569. The molecule has 1 rings (SSSR count). The molecule has 0 unspecified atom stereocenters. The molecule has 0 heterocycles. The van der Waals surface area contributed by atoms with Crippen molar-refractivity contribution in [1.82, 2.24) is 4.72 Å². The Morgan fingerprint density at radius 1 is 1.29 bits per heavy atom. The summed E-state index contributed by atoms with van der Waals surface area (Å²) >= 11 is 0. The Morgan fingerprint density at radius 3 is 2.29 bits per heavy atom. The van der Waals surface area contributed by atoms with Crippen LogP contribution < -0.4 is 9.62 Å². The van der Waals surface area contributed by atoms with Crippen LogP contribution in [0, 0.1) is 10.1 Å². The largest absolute Gasteiger partial charge is 0.377 e. The lowest BCUT2D eigenvalue weighted by Crippen LogP contribution is -2.19. The second kappa shape index (κ2) is 4.68. The van der Waals surface area contributed by atoms with Gasteiger partial charge in [-0.15, -0.1) is 0 Å². The molecule has 1 aromatic rings. The van der Waals surface area contributed by atoms with Crippen LogP contribution in [0.25, 0.3) is 0 Å². The van der Waals surface area contributed by atoms with Crippen molar-refractivity contribution in [3.63, 3.8) is 0 Å². The van der Waals surface area contributed by atoms with Gasteiger partial charge in [0.05, 0.1) is 9.82 Å². The van der Waals surface area contributed by atoms with Crippen molar-refractivity contribution < 1.29 is 13.3 Å². The second-order valence-corrected chi connectivity index (χ2v) is 5.43. The number of rotatable bonds is 4. The molecule has 0 amide bonds. The molecule has 0 atom stereocenters. The van der Waals surface area contributed by atoms with Crippen LogP contribution in [0.5, 0.6) is 0 Å². The Bertz CT molecular complexity index is 539. The molecule has 1 N–H and O–H groups in total. The van der Waals surface area contributed by atoms with E-state index in [9.17, 15) is 18.5 Å². The van der Waals surface area contributed by atoms with E-state index in [1.54, 1.807) is 19.0 Å². The molecule has 0 fully saturated rings. The van der Waals surface area contributed by atoms with Crippen molar-refractivity contribution in [2.24, 2.45) is 0 Å². The van der Waals surface area contributed by atoms with Gasteiger partial charge < -0.3 is 4.90 Å². The number of nitrogens with zero attached hydrogens (tertiary/aromatic N) is 2. The van der Waals surface area contributed by atoms with E-state index in [2.05, 4.69) is 4.72 Å². The molecule has 0 saturated carbocycles. The summed E-state index contributed by atoms with van der Waals surface area (Å²) in [5, 5.41) is 10.7. The van der Waals surface area contributed by atoms with Gasteiger partial charge in [-0.1, -0.05) is 0 Å². The van der Waals surface area contributed by atoms with E-state index in [0.29, 0.717) is 5.69 Å². The van der Waals surface area contributed by atoms with Crippen molar-refractivity contribution in [2.75, 3.05) is 26.0 Å². The molecule has 0 spiro atoms. The highest BCUT2D eigenvalue weighted by Crippen LogP contribution is 2.25. The number of benzene rings is 1. The number of non-ortho nitro benzene ring substituents is 1. The highest BCUT2D eigenvalue weighted by molar-refractivity contribution is 7.89. The third-order valence-corrected chi connectivity index (χ3v) is 3.58. The smallest absolute Gasteiger partial charge is 0.272 e. The van der Waals surface area contributed by atoms with Gasteiger partial charge in [0.1, 0.15) is 0 Å². The van der Waals surface area contributed by atoms with E-state index in [0.717, 1.165) is 6.07 Å². The molecule has 0 aliphatic heterocycles. The lowest BCUT2D eigenvalue weighted by atomic mass is 10.2. The fraction of sp³-hybridized carbons (Fsp3) is 0.333. The first-order valence-corrected chi connectivity index (χ1v) is 6.16. The minimum Gasteiger partial charge on any atom is -0.377 e. The summed E-state index contributed by atoms with van der Waals surface area (Å²) in [7, 11) is 0.913. The second-order valence-electron chi connectivity index (χ2n) is 3.54. The summed E-state index contributed by atoms with van der Waals surface area (Å²) in [4.78, 5) is 11.6. The number of nitro benzene ring substituents is 1. The Morgan fingerprint density at radius 2 is 1.88 bits per heavy atom. The minimum absolute atomic E-state index is 0.127. The molecule has 1 aromatic carbocycles. The third kappa shape index (κ3) is 2.92. The number of anilines is 1. The maximum atomic E-state index is 11.6. The first kappa shape index (κ1) is 13.4. The Labute approximate surface area is 99.2 Å². The van der Waals surface area contributed by atoms with Gasteiger partial charge in [-0.25, -0.2) is 13.1 Å². The third-order valence-electron chi connectivity index (χ3n) is 2.18. The molecule has 0 radical (unpaired) electrons. The Hall–Kier alpha value is -1.67. The molecule has 8 heteroatoms. The van der Waals surface area contributed by atoms with Crippen LogP contribution in [0.2, 0.25) is 0 Å². The zero-order valence-electron chi connectivity index (χ0n) is 9.67. The predicted molar refractivity (Wildman–Crippen MR) is 63.7 cm³/mol. The van der Waals surface area contributed by atoms with Crippen molar-refractivity contribution in [1.29, 1.82) is 0 Å². The fourth-order valence-corrected chi connectivity index (χ4v) is 1.99. The van der Waals surface area contributed by atoms with E-state index in [1.165, 1.54) is 19.2 Å². The molecule has 0 aliphatic rings. The Balaban J connectivity index is 3.47. The van der Waals surface area contributed by atoms with Gasteiger partial charge >= 0.3 is 0 Å². The lowest BCUT2D eigenvalue weighted by molar-refractivity contribution is -0.385. The van der Waals surface area contributed by atoms with E-state index in [-0.39, 0.29) is 10.6 Å². The summed E-state index contributed by atoms with van der Waals surface area (Å²) in [6.07, 6.45) is 0. The molecule has 94 valence electrons. The van der Waals surface area contributed by atoms with E-state index >= 15 is 0 Å². The van der Waals surface area contributed by atoms with Crippen molar-refractivity contribution in [3.8, 4) is 0 Å². The summed E-state index contributed by atoms with van der Waals surface area (Å²) in [5.74, 6) is 0. The molecule has 0 aromatic heterocycles. The van der Waals surface area contributed by atoms with Gasteiger partial charge in [0.2, 0.25) is 10.0 Å². The minimum atomic E-state index is -3.69. The first-order valence-electron chi connectivity index (χ1n) is 4.68. The van der Waals surface area contributed by atoms with Gasteiger partial charge in [0, 0.05) is 31.9 Å². The van der Waals surface area contributed by atoms with Crippen LogP contribution in [-0.2, 0) is 10.0 Å². The number of hydrogen-bond donors (Lipinski definition) is 1. The van der Waals surface area contributed by atoms with Crippen molar-refractivity contribution >= 4 is 21.4 Å². The topological polar surface area (TPSA) is 92.6 Å². The molecule has 0 saturated heterocycles. The molecule has 17 heavy (non-hydrogen) atoms. The standard InChI is InChI=1S/C9H13N3O4S/c1-10-17(15,16)9-5-7(11(2)3)4-8(6-9)12(13)14/h4-6,10H,1-3H3. The fourth-order valence-electron chi connectivity index (χ4n) is 1.20. The molecule has 7 nitrogen and oxygen atoms in total. The number of nitrogens with one attached hydrogen (secondary N) is 1. The van der Waals surface area contributed by atoms with E-state index < -0.39 is 14.9 Å². The first-order chi connectivity index (χ1) is 7.77. The Kier molecular flexibility index (Phi) is 3.69. The van der Waals surface area contributed by atoms with Crippen LogP contribution in [0.1, 0.15) is 0 Å². The monoisotopic (exact) mass is 259 g/mol. The van der Waals surface area contributed by atoms with Crippen molar-refractivity contribution in [3.05, 3.63) is 28.3 Å². The van der Waals surface area contributed by atoms with Gasteiger partial charge in [-0.2, -0.15) is 0 Å². The highest BCUT2D eigenvalue weighted by Gasteiger charge is 2.18. The van der Waals surface area contributed by atoms with Crippen LogP contribution in [0.3, 0.4) is 0 Å². The average Bonchev–Trinajstić information content (AvgIpc) is 2.28. The highest BCUT2D eigenvalue weighted by atomic mass is 32.2. The zero-order valence-corrected chi connectivity index (χ0v) is 10.5. The van der Waals surface area contributed by atoms with Gasteiger partial charge in [0.25, 0.3) is 5.69 Å². The molecule has 0 aliphatic carbocycles. The summed E-state index contributed by atoms with van der Waals surface area (Å²) in [5.41, 5.74) is 0.193. The lowest BCUT2D eigenvalue weighted by Gasteiger charge is -2.13. The van der Waals surface area contributed by atoms with Gasteiger partial charge in [0.15, 0.2) is 0 Å². The number of sulfonamides is 1. The SMILES string of the molecule is CNS(=O)(=O)c1cc(N(C)C)cc([N+](=O)[O-])c1. The summed E-state index contributed by atoms with van der Waals surface area (Å²) in [6, 6.07) is 3.71. The van der Waals surface area contributed by atoms with Crippen molar-refractivity contribution in [2.45, 2.75) is 4.90 Å². The molecular weight excluding hydrogens is 246 g/mol. The van der Waals surface area contributed by atoms with Crippen LogP contribution >= 0.6 is 0 Å². The maximum Gasteiger partial charge on any atom is 0.272 e. The zero-order chi connectivity index (χ0) is 13.2. The number of hydrogen-bond acceptors (Lipinski definition) is 5. The van der Waals surface area contributed by atoms with Crippen LogP contribution in [0.4, 0.5) is 11.4 Å². The normalized spacial score (nSPS) is 11.2. The summed E-state index contributed by atoms with van der Waals surface area (Å²) < 4.78 is 25.3. The summed E-state index contributed by atoms with van der Waals surface area (Å²) in [6.45, 7) is 0. The van der Waals surface area contributed by atoms with Crippen LogP contribution in [0.15, 0.2) is 23.1 Å². The maximum absolute atomic E-state index is 11.6. The van der Waals surface area contributed by atoms with Crippen LogP contribution in [-0.4, -0.2) is 34.5 Å². The van der Waals surface area contributed by atoms with Gasteiger partial charge in [-0.3, -0.25) is 10.1 Å². The van der Waals surface area contributed by atoms with E-state index in [4.69, 9.17) is 0 Å². The average molecular weight is 259 g/mol. The molecular formula is C9H13N3O4S.